The molecule has 19 heavy (non-hydrogen) atoms. The summed E-state index contributed by atoms with van der Waals surface area (Å²) in [5.74, 6) is 0.0619. The Morgan fingerprint density at radius 2 is 2.00 bits per heavy atom. The van der Waals surface area contributed by atoms with E-state index < -0.39 is 0 Å². The molecule has 5 nitrogen and oxygen atoms in total. The van der Waals surface area contributed by atoms with E-state index in [2.05, 4.69) is 35.7 Å². The Bertz CT molecular complexity index is 446. The van der Waals surface area contributed by atoms with Crippen LogP contribution >= 0.6 is 11.5 Å². The van der Waals surface area contributed by atoms with Crippen LogP contribution < -0.4 is 5.32 Å². The third-order valence-electron chi connectivity index (χ3n) is 3.57. The van der Waals surface area contributed by atoms with Crippen LogP contribution in [0.5, 0.6) is 0 Å². The van der Waals surface area contributed by atoms with E-state index in [0.717, 1.165) is 31.6 Å². The van der Waals surface area contributed by atoms with Crippen molar-refractivity contribution < 1.29 is 4.79 Å². The van der Waals surface area contributed by atoms with Gasteiger partial charge in [0.25, 0.3) is 5.91 Å². The smallest absolute Gasteiger partial charge is 0.267 e. The summed E-state index contributed by atoms with van der Waals surface area (Å²) >= 11 is 1.21. The SMILES string of the molecule is CN(C(=O)c1snnc1C(C)(C)C)C1CCNCC1. The van der Waals surface area contributed by atoms with Crippen LogP contribution in [0.2, 0.25) is 0 Å². The van der Waals surface area contributed by atoms with Gasteiger partial charge < -0.3 is 10.2 Å². The maximum Gasteiger partial charge on any atom is 0.267 e. The molecule has 0 radical (unpaired) electrons. The maximum absolute atomic E-state index is 12.6. The number of nitrogens with one attached hydrogen (secondary N) is 1. The molecule has 1 saturated heterocycles. The third kappa shape index (κ3) is 3.12. The third-order valence-corrected chi connectivity index (χ3v) is 4.28. The Morgan fingerprint density at radius 3 is 2.58 bits per heavy atom. The minimum Gasteiger partial charge on any atom is -0.338 e. The van der Waals surface area contributed by atoms with Crippen molar-refractivity contribution in [3.8, 4) is 0 Å². The van der Waals surface area contributed by atoms with Gasteiger partial charge in [-0.05, 0) is 37.5 Å². The molecule has 0 atom stereocenters. The number of aromatic nitrogens is 2. The molecular formula is C13H22N4OS. The number of hydrogen-bond acceptors (Lipinski definition) is 5. The van der Waals surface area contributed by atoms with Crippen LogP contribution in [0.3, 0.4) is 0 Å². The summed E-state index contributed by atoms with van der Waals surface area (Å²) in [5, 5.41) is 7.46. The van der Waals surface area contributed by atoms with Crippen molar-refractivity contribution in [3.63, 3.8) is 0 Å². The first-order valence-electron chi connectivity index (χ1n) is 6.72. The summed E-state index contributed by atoms with van der Waals surface area (Å²) in [4.78, 5) is 15.2. The van der Waals surface area contributed by atoms with E-state index in [1.54, 1.807) is 0 Å². The molecule has 1 aromatic heterocycles. The van der Waals surface area contributed by atoms with Crippen molar-refractivity contribution in [1.82, 2.24) is 19.8 Å². The molecule has 0 bridgehead atoms. The average molecular weight is 282 g/mol. The molecule has 1 aliphatic rings. The van der Waals surface area contributed by atoms with Crippen LogP contribution in [0.4, 0.5) is 0 Å². The van der Waals surface area contributed by atoms with Crippen LogP contribution in [0, 0.1) is 0 Å². The fourth-order valence-electron chi connectivity index (χ4n) is 2.34. The molecular weight excluding hydrogens is 260 g/mol. The van der Waals surface area contributed by atoms with E-state index in [1.807, 2.05) is 11.9 Å². The van der Waals surface area contributed by atoms with Gasteiger partial charge in [-0.1, -0.05) is 25.3 Å². The van der Waals surface area contributed by atoms with Crippen molar-refractivity contribution in [2.24, 2.45) is 0 Å². The highest BCUT2D eigenvalue weighted by Crippen LogP contribution is 2.27. The fourth-order valence-corrected chi connectivity index (χ4v) is 3.20. The first-order valence-corrected chi connectivity index (χ1v) is 7.49. The summed E-state index contributed by atoms with van der Waals surface area (Å²) in [7, 11) is 1.89. The first kappa shape index (κ1) is 14.4. The van der Waals surface area contributed by atoms with Crippen LogP contribution in [0.25, 0.3) is 0 Å². The second-order valence-corrected chi connectivity index (χ2v) is 6.85. The van der Waals surface area contributed by atoms with E-state index >= 15 is 0 Å². The van der Waals surface area contributed by atoms with Gasteiger partial charge in [0.1, 0.15) is 4.88 Å². The largest absolute Gasteiger partial charge is 0.338 e. The maximum atomic E-state index is 12.6. The van der Waals surface area contributed by atoms with Crippen LogP contribution in [0.15, 0.2) is 0 Å². The zero-order valence-electron chi connectivity index (χ0n) is 12.1. The molecule has 1 amide bonds. The monoisotopic (exact) mass is 282 g/mol. The van der Waals surface area contributed by atoms with Gasteiger partial charge in [-0.25, -0.2) is 0 Å². The first-order chi connectivity index (χ1) is 8.91. The normalized spacial score (nSPS) is 17.5. The van der Waals surface area contributed by atoms with Gasteiger partial charge in [0.05, 0.1) is 5.69 Å². The van der Waals surface area contributed by atoms with E-state index in [1.165, 1.54) is 11.5 Å². The Hall–Kier alpha value is -1.01. The van der Waals surface area contributed by atoms with Crippen molar-refractivity contribution in [3.05, 3.63) is 10.6 Å². The second kappa shape index (κ2) is 5.54. The molecule has 0 aromatic carbocycles. The quantitative estimate of drug-likeness (QED) is 0.896. The Morgan fingerprint density at radius 1 is 1.37 bits per heavy atom. The highest BCUT2D eigenvalue weighted by atomic mass is 32.1. The lowest BCUT2D eigenvalue weighted by Crippen LogP contribution is -2.44. The number of hydrogen-bond donors (Lipinski definition) is 1. The highest BCUT2D eigenvalue weighted by Gasteiger charge is 2.30. The lowest BCUT2D eigenvalue weighted by Gasteiger charge is -2.31. The molecule has 2 rings (SSSR count). The molecule has 6 heteroatoms. The van der Waals surface area contributed by atoms with Crippen molar-refractivity contribution in [2.45, 2.75) is 45.1 Å². The van der Waals surface area contributed by atoms with Gasteiger partial charge in [0.2, 0.25) is 0 Å². The van der Waals surface area contributed by atoms with Gasteiger partial charge >= 0.3 is 0 Å². The van der Waals surface area contributed by atoms with E-state index in [9.17, 15) is 4.79 Å². The van der Waals surface area contributed by atoms with Gasteiger partial charge in [-0.3, -0.25) is 4.79 Å². The highest BCUT2D eigenvalue weighted by molar-refractivity contribution is 7.08. The molecule has 0 spiro atoms. The summed E-state index contributed by atoms with van der Waals surface area (Å²) in [5.41, 5.74) is 0.663. The molecule has 2 heterocycles. The second-order valence-electron chi connectivity index (χ2n) is 6.10. The summed E-state index contributed by atoms with van der Waals surface area (Å²) in [6.45, 7) is 8.14. The van der Waals surface area contributed by atoms with Gasteiger partial charge in [-0.15, -0.1) is 5.10 Å². The number of piperidine rings is 1. The van der Waals surface area contributed by atoms with Gasteiger partial charge in [0.15, 0.2) is 0 Å². The molecule has 0 saturated carbocycles. The molecule has 106 valence electrons. The number of nitrogens with zero attached hydrogens (tertiary/aromatic N) is 3. The number of carbonyl (C=O) groups is 1. The predicted molar refractivity (Wildman–Crippen MR) is 76.6 cm³/mol. The molecule has 0 aliphatic carbocycles. The average Bonchev–Trinajstić information content (AvgIpc) is 2.87. The van der Waals surface area contributed by atoms with Crippen LogP contribution in [-0.2, 0) is 5.41 Å². The topological polar surface area (TPSA) is 58.1 Å². The zero-order chi connectivity index (χ0) is 14.0. The molecule has 1 N–H and O–H groups in total. The minimum atomic E-state index is -0.146. The Labute approximate surface area is 118 Å². The molecule has 1 aromatic rings. The van der Waals surface area contributed by atoms with E-state index in [-0.39, 0.29) is 11.3 Å². The molecule has 0 unspecified atom stereocenters. The van der Waals surface area contributed by atoms with Crippen LogP contribution in [0.1, 0.15) is 49.0 Å². The number of amides is 1. The van der Waals surface area contributed by atoms with E-state index in [4.69, 9.17) is 0 Å². The van der Waals surface area contributed by atoms with Crippen molar-refractivity contribution >= 4 is 17.4 Å². The van der Waals surface area contributed by atoms with Gasteiger partial charge in [0, 0.05) is 18.5 Å². The summed E-state index contributed by atoms with van der Waals surface area (Å²) in [6, 6.07) is 0.323. The summed E-state index contributed by atoms with van der Waals surface area (Å²) < 4.78 is 3.97. The van der Waals surface area contributed by atoms with Gasteiger partial charge in [-0.2, -0.15) is 0 Å². The Balaban J connectivity index is 2.17. The predicted octanol–water partition coefficient (Wildman–Crippen LogP) is 1.66. The number of carbonyl (C=O) groups excluding carboxylic acids is 1. The molecule has 1 aliphatic heterocycles. The minimum absolute atomic E-state index is 0.0619. The zero-order valence-corrected chi connectivity index (χ0v) is 12.9. The van der Waals surface area contributed by atoms with Crippen LogP contribution in [-0.4, -0.2) is 46.6 Å². The van der Waals surface area contributed by atoms with E-state index in [0.29, 0.717) is 10.9 Å². The van der Waals surface area contributed by atoms with Crippen molar-refractivity contribution in [1.29, 1.82) is 0 Å². The number of rotatable bonds is 2. The molecule has 1 fully saturated rings. The van der Waals surface area contributed by atoms with Crippen molar-refractivity contribution in [2.75, 3.05) is 20.1 Å². The Kier molecular flexibility index (Phi) is 4.20. The standard InChI is InChI=1S/C13H22N4OS/c1-13(2,3)11-10(19-16-15-11)12(18)17(4)9-5-7-14-8-6-9/h9,14H,5-8H2,1-4H3. The summed E-state index contributed by atoms with van der Waals surface area (Å²) in [6.07, 6.45) is 2.03. The lowest BCUT2D eigenvalue weighted by molar-refractivity contribution is 0.0705. The fraction of sp³-hybridized carbons (Fsp3) is 0.769. The lowest BCUT2D eigenvalue weighted by atomic mass is 9.91.